The highest BCUT2D eigenvalue weighted by atomic mass is 19.1. The van der Waals surface area contributed by atoms with Gasteiger partial charge in [0.1, 0.15) is 11.2 Å². The zero-order valence-corrected chi connectivity index (χ0v) is 18.3. The first-order valence-corrected chi connectivity index (χ1v) is 10.6. The van der Waals surface area contributed by atoms with Gasteiger partial charge in [0, 0.05) is 23.1 Å². The van der Waals surface area contributed by atoms with Crippen molar-refractivity contribution in [2.24, 2.45) is 5.41 Å². The highest BCUT2D eigenvalue weighted by Gasteiger charge is 2.56. The number of hydrogen-bond acceptors (Lipinski definition) is 5. The van der Waals surface area contributed by atoms with Crippen LogP contribution in [0.3, 0.4) is 0 Å². The molecule has 1 saturated carbocycles. The van der Waals surface area contributed by atoms with Gasteiger partial charge in [-0.2, -0.15) is 5.10 Å². The number of aromatic amines is 1. The lowest BCUT2D eigenvalue weighted by molar-refractivity contribution is -0.131. The summed E-state index contributed by atoms with van der Waals surface area (Å²) >= 11 is 0. The van der Waals surface area contributed by atoms with Crippen molar-refractivity contribution < 1.29 is 27.5 Å². The third-order valence-electron chi connectivity index (χ3n) is 5.80. The van der Waals surface area contributed by atoms with Crippen LogP contribution in [0, 0.1) is 29.8 Å². The van der Waals surface area contributed by atoms with Crippen LogP contribution >= 0.6 is 0 Å². The molecular formula is C24H18F3N5O3. The van der Waals surface area contributed by atoms with Gasteiger partial charge in [-0.1, -0.05) is 0 Å². The van der Waals surface area contributed by atoms with Gasteiger partial charge >= 0.3 is 0 Å². The fourth-order valence-corrected chi connectivity index (χ4v) is 3.67. The maximum atomic E-state index is 14.8. The summed E-state index contributed by atoms with van der Waals surface area (Å²) in [6, 6.07) is 8.79. The quantitative estimate of drug-likeness (QED) is 0.342. The summed E-state index contributed by atoms with van der Waals surface area (Å²) in [5, 5.41) is 12.0. The molecule has 0 saturated heterocycles. The maximum Gasteiger partial charge on any atom is 0.240 e. The lowest BCUT2D eigenvalue weighted by Gasteiger charge is -2.16. The minimum Gasteiger partial charge on any atom is -0.450 e. The maximum absolute atomic E-state index is 14.8. The monoisotopic (exact) mass is 481 g/mol. The number of halogens is 3. The van der Waals surface area contributed by atoms with Crippen molar-refractivity contribution in [1.82, 2.24) is 15.2 Å². The number of benzene rings is 2. The average Bonchev–Trinajstić information content (AvgIpc) is 3.57. The Labute approximate surface area is 196 Å². The molecule has 0 atom stereocenters. The first kappa shape index (κ1) is 22.4. The van der Waals surface area contributed by atoms with Crippen LogP contribution in [0.1, 0.15) is 18.5 Å². The van der Waals surface area contributed by atoms with Crippen molar-refractivity contribution in [3.05, 3.63) is 71.8 Å². The molecule has 4 aromatic rings. The van der Waals surface area contributed by atoms with Crippen molar-refractivity contribution in [2.75, 3.05) is 10.6 Å². The predicted molar refractivity (Wildman–Crippen MR) is 120 cm³/mol. The Hall–Kier alpha value is -4.41. The van der Waals surface area contributed by atoms with Gasteiger partial charge in [-0.3, -0.25) is 14.7 Å². The number of aryl methyl sites for hydroxylation is 1. The van der Waals surface area contributed by atoms with Crippen molar-refractivity contribution in [2.45, 2.75) is 19.8 Å². The van der Waals surface area contributed by atoms with E-state index in [4.69, 9.17) is 4.74 Å². The molecule has 3 N–H and O–H groups in total. The van der Waals surface area contributed by atoms with Crippen molar-refractivity contribution in [3.63, 3.8) is 0 Å². The molecular weight excluding hydrogens is 463 g/mol. The molecule has 0 bridgehead atoms. The van der Waals surface area contributed by atoms with E-state index in [1.807, 2.05) is 0 Å². The Kier molecular flexibility index (Phi) is 5.39. The zero-order chi connectivity index (χ0) is 24.7. The highest BCUT2D eigenvalue weighted by molar-refractivity contribution is 6.16. The Balaban J connectivity index is 1.31. The first-order valence-electron chi connectivity index (χ1n) is 10.6. The van der Waals surface area contributed by atoms with Crippen molar-refractivity contribution in [1.29, 1.82) is 0 Å². The van der Waals surface area contributed by atoms with Gasteiger partial charge in [-0.05, 0) is 56.2 Å². The van der Waals surface area contributed by atoms with Crippen LogP contribution in [0.5, 0.6) is 11.5 Å². The van der Waals surface area contributed by atoms with Gasteiger partial charge in [0.2, 0.25) is 11.8 Å². The molecule has 0 unspecified atom stereocenters. The molecule has 2 heterocycles. The molecule has 178 valence electrons. The number of nitrogens with zero attached hydrogens (tertiary/aromatic N) is 2. The molecule has 35 heavy (non-hydrogen) atoms. The Morgan fingerprint density at radius 1 is 0.971 bits per heavy atom. The minimum atomic E-state index is -1.30. The van der Waals surface area contributed by atoms with Gasteiger partial charge in [-0.25, -0.2) is 18.2 Å². The third-order valence-corrected chi connectivity index (χ3v) is 5.80. The lowest BCUT2D eigenvalue weighted by Crippen LogP contribution is -2.35. The molecule has 11 heteroatoms. The molecule has 1 fully saturated rings. The fraction of sp³-hybridized carbons (Fsp3) is 0.167. The van der Waals surface area contributed by atoms with Crippen LogP contribution in [0.4, 0.5) is 24.5 Å². The second kappa shape index (κ2) is 8.42. The van der Waals surface area contributed by atoms with E-state index >= 15 is 0 Å². The summed E-state index contributed by atoms with van der Waals surface area (Å²) in [5.74, 6) is -3.73. The lowest BCUT2D eigenvalue weighted by atomic mass is 10.0. The van der Waals surface area contributed by atoms with E-state index in [0.29, 0.717) is 24.2 Å². The minimum absolute atomic E-state index is 0.0977. The van der Waals surface area contributed by atoms with E-state index < -0.39 is 34.7 Å². The number of amides is 2. The molecule has 0 aliphatic heterocycles. The molecule has 2 aromatic carbocycles. The topological polar surface area (TPSA) is 109 Å². The normalized spacial score (nSPS) is 13.9. The van der Waals surface area contributed by atoms with E-state index in [0.717, 1.165) is 12.3 Å². The largest absolute Gasteiger partial charge is 0.450 e. The van der Waals surface area contributed by atoms with Crippen LogP contribution in [-0.2, 0) is 9.59 Å². The predicted octanol–water partition coefficient (Wildman–Crippen LogP) is 4.83. The van der Waals surface area contributed by atoms with Crippen molar-refractivity contribution >= 4 is 34.2 Å². The number of hydrogen-bond donors (Lipinski definition) is 3. The Morgan fingerprint density at radius 2 is 1.63 bits per heavy atom. The van der Waals surface area contributed by atoms with Gasteiger partial charge < -0.3 is 15.4 Å². The molecule has 0 radical (unpaired) electrons. The SMILES string of the molecule is Cc1[nH]nc2ncc(F)c(Oc3ccc(NC(=O)C4(C(=O)Nc5ccc(F)cc5)CC4)cc3F)c12. The number of H-pyrrole nitrogens is 1. The number of aromatic nitrogens is 3. The summed E-state index contributed by atoms with van der Waals surface area (Å²) in [6.45, 7) is 1.65. The summed E-state index contributed by atoms with van der Waals surface area (Å²) in [7, 11) is 0. The first-order chi connectivity index (χ1) is 16.8. The average molecular weight is 481 g/mol. The van der Waals surface area contributed by atoms with Crippen LogP contribution in [0.2, 0.25) is 0 Å². The van der Waals surface area contributed by atoms with E-state index in [2.05, 4.69) is 25.8 Å². The second-order valence-corrected chi connectivity index (χ2v) is 8.23. The number of pyridine rings is 1. The Morgan fingerprint density at radius 3 is 2.29 bits per heavy atom. The van der Waals surface area contributed by atoms with E-state index in [1.165, 1.54) is 36.4 Å². The highest BCUT2D eigenvalue weighted by Crippen LogP contribution is 2.47. The molecule has 1 aliphatic carbocycles. The number of fused-ring (bicyclic) bond motifs is 1. The van der Waals surface area contributed by atoms with E-state index in [1.54, 1.807) is 6.92 Å². The van der Waals surface area contributed by atoms with E-state index in [-0.39, 0.29) is 28.2 Å². The third kappa shape index (κ3) is 4.16. The summed E-state index contributed by atoms with van der Waals surface area (Å²) in [4.78, 5) is 29.3. The zero-order valence-electron chi connectivity index (χ0n) is 18.3. The number of carbonyl (C=O) groups excluding carboxylic acids is 2. The van der Waals surface area contributed by atoms with Gasteiger partial charge in [-0.15, -0.1) is 0 Å². The van der Waals surface area contributed by atoms with Gasteiger partial charge in [0.25, 0.3) is 0 Å². The molecule has 5 rings (SSSR count). The van der Waals surface area contributed by atoms with Crippen LogP contribution in [-0.4, -0.2) is 27.0 Å². The number of rotatable bonds is 6. The smallest absolute Gasteiger partial charge is 0.240 e. The van der Waals surface area contributed by atoms with Crippen molar-refractivity contribution in [3.8, 4) is 11.5 Å². The standard InChI is InChI=1S/C24H18F3N5O3/c1-12-19-20(17(27)11-28-21(19)32-31-12)35-18-7-6-15(10-16(18)26)30-23(34)24(8-9-24)22(33)29-14-4-2-13(25)3-5-14/h2-7,10-11H,8-9H2,1H3,(H,29,33)(H,30,34)(H,28,31,32). The Bertz CT molecular complexity index is 1470. The number of carbonyl (C=O) groups is 2. The number of nitrogens with one attached hydrogen (secondary N) is 3. The van der Waals surface area contributed by atoms with Gasteiger partial charge in [0.15, 0.2) is 28.8 Å². The van der Waals surface area contributed by atoms with Crippen LogP contribution in [0.25, 0.3) is 11.0 Å². The van der Waals surface area contributed by atoms with Crippen LogP contribution in [0.15, 0.2) is 48.7 Å². The molecule has 8 nitrogen and oxygen atoms in total. The number of anilines is 2. The fourth-order valence-electron chi connectivity index (χ4n) is 3.67. The number of ether oxygens (including phenoxy) is 1. The summed E-state index contributed by atoms with van der Waals surface area (Å²) < 4.78 is 47.7. The second-order valence-electron chi connectivity index (χ2n) is 8.23. The van der Waals surface area contributed by atoms with Crippen LogP contribution < -0.4 is 15.4 Å². The molecule has 2 aromatic heterocycles. The summed E-state index contributed by atoms with van der Waals surface area (Å²) in [5.41, 5.74) is -0.129. The molecule has 0 spiro atoms. The molecule has 1 aliphatic rings. The van der Waals surface area contributed by atoms with Gasteiger partial charge in [0.05, 0.1) is 11.6 Å². The molecule has 2 amide bonds. The van der Waals surface area contributed by atoms with E-state index in [9.17, 15) is 22.8 Å². The summed E-state index contributed by atoms with van der Waals surface area (Å²) in [6.07, 6.45) is 1.56.